The fourth-order valence-corrected chi connectivity index (χ4v) is 5.35. The average molecular weight is 488 g/mol. The Morgan fingerprint density at radius 3 is 2.03 bits per heavy atom. The van der Waals surface area contributed by atoms with Gasteiger partial charge in [-0.2, -0.15) is 0 Å². The van der Waals surface area contributed by atoms with Crippen LogP contribution in [0.4, 0.5) is 0 Å². The van der Waals surface area contributed by atoms with Crippen LogP contribution < -0.4 is 0 Å². The van der Waals surface area contributed by atoms with Gasteiger partial charge < -0.3 is 4.90 Å². The number of piperazine rings is 1. The molecule has 5 rings (SSSR count). The van der Waals surface area contributed by atoms with E-state index in [4.69, 9.17) is 16.6 Å². The van der Waals surface area contributed by atoms with Crippen LogP contribution in [0, 0.1) is 0 Å². The molecule has 0 atom stereocenters. The van der Waals surface area contributed by atoms with Crippen LogP contribution in [0.25, 0.3) is 10.6 Å². The number of carbonyl (C=O) groups is 1. The smallest absolute Gasteiger partial charge is 0.234 e. The minimum absolute atomic E-state index is 0.177. The molecular weight excluding hydrogens is 462 g/mol. The summed E-state index contributed by atoms with van der Waals surface area (Å²) in [6.45, 7) is 3.94. The standard InChI is InChI=1S/C28H26ClN3OS/c29-24-13-11-23(12-14-24)27-30-25(20-34-27)19-31-15-17-32(18-16-31)28(33)26(21-7-3-1-4-8-21)22-9-5-2-6-10-22/h1-14,20,26H,15-19H2. The highest BCUT2D eigenvalue weighted by Crippen LogP contribution is 2.28. The van der Waals surface area contributed by atoms with E-state index >= 15 is 0 Å². The van der Waals surface area contributed by atoms with Gasteiger partial charge in [0.05, 0.1) is 11.6 Å². The van der Waals surface area contributed by atoms with Gasteiger partial charge in [-0.05, 0) is 23.3 Å². The first-order valence-corrected chi connectivity index (χ1v) is 12.7. The Balaban J connectivity index is 1.23. The van der Waals surface area contributed by atoms with Gasteiger partial charge >= 0.3 is 0 Å². The van der Waals surface area contributed by atoms with Gasteiger partial charge in [-0.25, -0.2) is 4.98 Å². The molecule has 1 amide bonds. The van der Waals surface area contributed by atoms with Crippen molar-refractivity contribution in [1.29, 1.82) is 0 Å². The second-order valence-electron chi connectivity index (χ2n) is 8.51. The zero-order valence-electron chi connectivity index (χ0n) is 18.8. The highest BCUT2D eigenvalue weighted by Gasteiger charge is 2.29. The van der Waals surface area contributed by atoms with Gasteiger partial charge in [0.15, 0.2) is 0 Å². The highest BCUT2D eigenvalue weighted by atomic mass is 35.5. The number of nitrogens with zero attached hydrogens (tertiary/aromatic N) is 3. The monoisotopic (exact) mass is 487 g/mol. The van der Waals surface area contributed by atoms with Crippen molar-refractivity contribution in [1.82, 2.24) is 14.8 Å². The maximum Gasteiger partial charge on any atom is 0.234 e. The fourth-order valence-electron chi connectivity index (χ4n) is 4.41. The molecule has 0 bridgehead atoms. The van der Waals surface area contributed by atoms with E-state index in [1.807, 2.05) is 89.8 Å². The van der Waals surface area contributed by atoms with Crippen LogP contribution in [0.3, 0.4) is 0 Å². The zero-order valence-corrected chi connectivity index (χ0v) is 20.4. The molecule has 2 heterocycles. The Morgan fingerprint density at radius 2 is 1.44 bits per heavy atom. The number of halogens is 1. The van der Waals surface area contributed by atoms with Crippen LogP contribution in [-0.4, -0.2) is 46.9 Å². The van der Waals surface area contributed by atoms with Gasteiger partial charge in [-0.1, -0.05) is 84.4 Å². The van der Waals surface area contributed by atoms with Crippen LogP contribution >= 0.6 is 22.9 Å². The van der Waals surface area contributed by atoms with E-state index in [1.54, 1.807) is 11.3 Å². The number of amides is 1. The molecule has 1 saturated heterocycles. The Labute approximate surface area is 209 Å². The molecule has 0 aliphatic carbocycles. The minimum Gasteiger partial charge on any atom is -0.339 e. The molecule has 6 heteroatoms. The van der Waals surface area contributed by atoms with Crippen molar-refractivity contribution in [3.8, 4) is 10.6 Å². The summed E-state index contributed by atoms with van der Waals surface area (Å²) in [7, 11) is 0. The Morgan fingerprint density at radius 1 is 0.853 bits per heavy atom. The number of hydrogen-bond donors (Lipinski definition) is 0. The van der Waals surface area contributed by atoms with Gasteiger partial charge in [0.25, 0.3) is 0 Å². The molecular formula is C28H26ClN3OS. The van der Waals surface area contributed by atoms with Gasteiger partial charge in [0.1, 0.15) is 5.01 Å². The Kier molecular flexibility index (Phi) is 7.05. The number of benzene rings is 3. The molecule has 1 aliphatic heterocycles. The van der Waals surface area contributed by atoms with E-state index in [2.05, 4.69) is 10.3 Å². The molecule has 172 valence electrons. The predicted octanol–water partition coefficient (Wildman–Crippen LogP) is 5.94. The molecule has 0 saturated carbocycles. The summed E-state index contributed by atoms with van der Waals surface area (Å²) in [4.78, 5) is 22.8. The summed E-state index contributed by atoms with van der Waals surface area (Å²) in [6.07, 6.45) is 0. The molecule has 4 nitrogen and oxygen atoms in total. The number of thiazole rings is 1. The molecule has 0 unspecified atom stereocenters. The fraction of sp³-hybridized carbons (Fsp3) is 0.214. The second kappa shape index (κ2) is 10.5. The summed E-state index contributed by atoms with van der Waals surface area (Å²) in [5.74, 6) is -0.0924. The first-order chi connectivity index (χ1) is 16.7. The lowest BCUT2D eigenvalue weighted by Crippen LogP contribution is -2.49. The summed E-state index contributed by atoms with van der Waals surface area (Å²) in [5, 5.41) is 3.87. The van der Waals surface area contributed by atoms with Gasteiger partial charge in [0.2, 0.25) is 5.91 Å². The van der Waals surface area contributed by atoms with E-state index in [0.717, 1.165) is 65.1 Å². The first kappa shape index (κ1) is 22.8. The molecule has 1 aromatic heterocycles. The number of hydrogen-bond acceptors (Lipinski definition) is 4. The van der Waals surface area contributed by atoms with Crippen LogP contribution in [0.1, 0.15) is 22.7 Å². The molecule has 1 fully saturated rings. The molecule has 3 aromatic carbocycles. The maximum atomic E-state index is 13.6. The largest absolute Gasteiger partial charge is 0.339 e. The topological polar surface area (TPSA) is 36.4 Å². The van der Waals surface area contributed by atoms with Gasteiger partial charge in [-0.3, -0.25) is 9.69 Å². The predicted molar refractivity (Wildman–Crippen MR) is 139 cm³/mol. The lowest BCUT2D eigenvalue weighted by molar-refractivity contribution is -0.133. The Bertz CT molecular complexity index is 1180. The Hall–Kier alpha value is -2.99. The summed E-state index contributed by atoms with van der Waals surface area (Å²) in [6, 6.07) is 28.0. The molecule has 0 radical (unpaired) electrons. The van der Waals surface area contributed by atoms with E-state index in [1.165, 1.54) is 0 Å². The van der Waals surface area contributed by atoms with Crippen LogP contribution in [0.15, 0.2) is 90.3 Å². The molecule has 0 N–H and O–H groups in total. The van der Waals surface area contributed by atoms with E-state index in [9.17, 15) is 4.79 Å². The second-order valence-corrected chi connectivity index (χ2v) is 9.80. The molecule has 1 aliphatic rings. The normalized spacial score (nSPS) is 14.5. The lowest BCUT2D eigenvalue weighted by Gasteiger charge is -2.36. The third kappa shape index (κ3) is 5.22. The number of aromatic nitrogens is 1. The summed E-state index contributed by atoms with van der Waals surface area (Å²) < 4.78 is 0. The summed E-state index contributed by atoms with van der Waals surface area (Å²) >= 11 is 7.66. The van der Waals surface area contributed by atoms with Crippen molar-refractivity contribution in [3.05, 3.63) is 112 Å². The van der Waals surface area contributed by atoms with Crippen molar-refractivity contribution in [2.45, 2.75) is 12.5 Å². The maximum absolute atomic E-state index is 13.6. The van der Waals surface area contributed by atoms with E-state index < -0.39 is 0 Å². The SMILES string of the molecule is O=C(C(c1ccccc1)c1ccccc1)N1CCN(Cc2csc(-c3ccc(Cl)cc3)n2)CC1. The molecule has 0 spiro atoms. The third-order valence-electron chi connectivity index (χ3n) is 6.23. The van der Waals surface area contributed by atoms with Gasteiger partial charge in [-0.15, -0.1) is 11.3 Å². The average Bonchev–Trinajstić information content (AvgIpc) is 3.35. The van der Waals surface area contributed by atoms with Crippen molar-refractivity contribution >= 4 is 28.8 Å². The van der Waals surface area contributed by atoms with Crippen LogP contribution in [-0.2, 0) is 11.3 Å². The van der Waals surface area contributed by atoms with Crippen molar-refractivity contribution < 1.29 is 4.79 Å². The molecule has 34 heavy (non-hydrogen) atoms. The highest BCUT2D eigenvalue weighted by molar-refractivity contribution is 7.13. The summed E-state index contributed by atoms with van der Waals surface area (Å²) in [5.41, 5.74) is 4.24. The van der Waals surface area contributed by atoms with E-state index in [-0.39, 0.29) is 11.8 Å². The van der Waals surface area contributed by atoms with Crippen molar-refractivity contribution in [3.63, 3.8) is 0 Å². The van der Waals surface area contributed by atoms with Gasteiger partial charge in [0, 0.05) is 48.7 Å². The van der Waals surface area contributed by atoms with Crippen LogP contribution in [0.5, 0.6) is 0 Å². The quantitative estimate of drug-likeness (QED) is 0.337. The third-order valence-corrected chi connectivity index (χ3v) is 7.42. The lowest BCUT2D eigenvalue weighted by atomic mass is 9.90. The minimum atomic E-state index is -0.269. The van der Waals surface area contributed by atoms with Crippen molar-refractivity contribution in [2.24, 2.45) is 0 Å². The zero-order chi connectivity index (χ0) is 23.3. The number of rotatable bonds is 6. The van der Waals surface area contributed by atoms with E-state index in [0.29, 0.717) is 0 Å². The van der Waals surface area contributed by atoms with Crippen molar-refractivity contribution in [2.75, 3.05) is 26.2 Å². The van der Waals surface area contributed by atoms with Crippen LogP contribution in [0.2, 0.25) is 5.02 Å². The number of carbonyl (C=O) groups excluding carboxylic acids is 1. The first-order valence-electron chi connectivity index (χ1n) is 11.5. The molecule has 4 aromatic rings.